The fourth-order valence-electron chi connectivity index (χ4n) is 3.67. The summed E-state index contributed by atoms with van der Waals surface area (Å²) in [7, 11) is 1.59. The lowest BCUT2D eigenvalue weighted by molar-refractivity contribution is -0.144. The van der Waals surface area contributed by atoms with Crippen LogP contribution in [0.2, 0.25) is 0 Å². The van der Waals surface area contributed by atoms with E-state index in [0.717, 1.165) is 5.69 Å². The Hall–Kier alpha value is -3.29. The van der Waals surface area contributed by atoms with Crippen molar-refractivity contribution >= 4 is 17.5 Å². The van der Waals surface area contributed by atoms with Crippen LogP contribution in [0.15, 0.2) is 45.6 Å². The molecule has 2 saturated heterocycles. The molecule has 0 N–H and O–H groups in total. The Kier molecular flexibility index (Phi) is 5.00. The minimum atomic E-state index is -0.463. The van der Waals surface area contributed by atoms with Crippen LogP contribution in [0, 0.1) is 12.8 Å². The number of aryl methyl sites for hydroxylation is 1. The first kappa shape index (κ1) is 19.0. The normalized spacial score (nSPS) is 19.2. The Balaban J connectivity index is 1.32. The van der Waals surface area contributed by atoms with E-state index in [1.54, 1.807) is 42.0 Å². The molecule has 3 heterocycles. The van der Waals surface area contributed by atoms with Crippen LogP contribution in [0.25, 0.3) is 0 Å². The molecule has 0 spiro atoms. The zero-order valence-electron chi connectivity index (χ0n) is 16.3. The van der Waals surface area contributed by atoms with Gasteiger partial charge in [0.05, 0.1) is 32.2 Å². The summed E-state index contributed by atoms with van der Waals surface area (Å²) in [5.41, 5.74) is 0.296. The van der Waals surface area contributed by atoms with Crippen molar-refractivity contribution in [3.63, 3.8) is 0 Å². The van der Waals surface area contributed by atoms with Gasteiger partial charge in [-0.3, -0.25) is 9.59 Å². The second-order valence-corrected chi connectivity index (χ2v) is 7.31. The third-order valence-electron chi connectivity index (χ3n) is 5.19. The maximum atomic E-state index is 12.8. The molecule has 1 atom stereocenters. The lowest BCUT2D eigenvalue weighted by Gasteiger charge is -2.40. The van der Waals surface area contributed by atoms with Crippen molar-refractivity contribution < 1.29 is 23.5 Å². The van der Waals surface area contributed by atoms with Gasteiger partial charge in [-0.15, -0.1) is 0 Å². The summed E-state index contributed by atoms with van der Waals surface area (Å²) < 4.78 is 15.8. The van der Waals surface area contributed by atoms with Crippen molar-refractivity contribution in [3.05, 3.63) is 52.6 Å². The first-order valence-electron chi connectivity index (χ1n) is 9.44. The molecule has 2 fully saturated rings. The van der Waals surface area contributed by atoms with Crippen molar-refractivity contribution in [2.45, 2.75) is 19.4 Å². The Morgan fingerprint density at radius 2 is 1.79 bits per heavy atom. The highest BCUT2D eigenvalue weighted by molar-refractivity contribution is 6.00. The molecule has 1 aromatic carbocycles. The number of carbonyl (C=O) groups excluding carboxylic acids is 2. The van der Waals surface area contributed by atoms with Gasteiger partial charge >= 0.3 is 5.63 Å². The number of hydrogen-bond acceptors (Lipinski definition) is 6. The lowest BCUT2D eigenvalue weighted by atomic mass is 10.0. The van der Waals surface area contributed by atoms with Crippen LogP contribution in [0.3, 0.4) is 0 Å². The Morgan fingerprint density at radius 3 is 2.45 bits per heavy atom. The van der Waals surface area contributed by atoms with E-state index in [1.165, 1.54) is 6.07 Å². The van der Waals surface area contributed by atoms with E-state index in [-0.39, 0.29) is 30.3 Å². The summed E-state index contributed by atoms with van der Waals surface area (Å²) in [5.74, 6) is 1.16. The number of rotatable bonds is 5. The van der Waals surface area contributed by atoms with Crippen molar-refractivity contribution in [2.75, 3.05) is 31.6 Å². The smallest absolute Gasteiger partial charge is 0.339 e. The van der Waals surface area contributed by atoms with Crippen molar-refractivity contribution in [1.82, 2.24) is 4.90 Å². The highest BCUT2D eigenvalue weighted by atomic mass is 16.5. The molecule has 2 aliphatic heterocycles. The van der Waals surface area contributed by atoms with E-state index in [0.29, 0.717) is 36.9 Å². The average molecular weight is 398 g/mol. The number of methoxy groups -OCH3 is 1. The molecule has 8 heteroatoms. The van der Waals surface area contributed by atoms with Crippen LogP contribution in [0.5, 0.6) is 11.5 Å². The number of nitrogens with zero attached hydrogens (tertiary/aromatic N) is 2. The predicted molar refractivity (Wildman–Crippen MR) is 104 cm³/mol. The third kappa shape index (κ3) is 3.96. The van der Waals surface area contributed by atoms with Crippen LogP contribution < -0.4 is 20.0 Å². The average Bonchev–Trinajstić information content (AvgIpc) is 3.05. The topological polar surface area (TPSA) is 89.3 Å². The van der Waals surface area contributed by atoms with Gasteiger partial charge in [-0.05, 0) is 31.2 Å². The number of carbonyl (C=O) groups is 2. The molecule has 0 bridgehead atoms. The molecular weight excluding hydrogens is 376 g/mol. The molecule has 4 rings (SSSR count). The molecule has 152 valence electrons. The molecule has 0 radical (unpaired) electrons. The fourth-order valence-corrected chi connectivity index (χ4v) is 3.67. The van der Waals surface area contributed by atoms with Gasteiger partial charge in [0.25, 0.3) is 0 Å². The second kappa shape index (κ2) is 7.62. The van der Waals surface area contributed by atoms with E-state index >= 15 is 0 Å². The molecule has 0 aliphatic carbocycles. The van der Waals surface area contributed by atoms with Crippen molar-refractivity contribution in [3.8, 4) is 11.5 Å². The summed E-state index contributed by atoms with van der Waals surface area (Å²) >= 11 is 0. The van der Waals surface area contributed by atoms with Gasteiger partial charge in [0.1, 0.15) is 23.4 Å². The van der Waals surface area contributed by atoms with Gasteiger partial charge in [0.15, 0.2) is 0 Å². The van der Waals surface area contributed by atoms with E-state index in [1.807, 2.05) is 12.1 Å². The number of amides is 2. The Bertz CT molecular complexity index is 977. The summed E-state index contributed by atoms with van der Waals surface area (Å²) in [4.78, 5) is 39.9. The number of anilines is 1. The number of benzene rings is 1. The van der Waals surface area contributed by atoms with Crippen LogP contribution in [0.4, 0.5) is 5.69 Å². The Labute approximate surface area is 167 Å². The molecular formula is C21H22N2O6. The van der Waals surface area contributed by atoms with Gasteiger partial charge in [0, 0.05) is 24.7 Å². The summed E-state index contributed by atoms with van der Waals surface area (Å²) in [6.45, 7) is 2.91. The molecule has 8 nitrogen and oxygen atoms in total. The highest BCUT2D eigenvalue weighted by Gasteiger charge is 2.41. The first-order valence-corrected chi connectivity index (χ1v) is 9.44. The number of hydrogen-bond donors (Lipinski definition) is 0. The number of likely N-dealkylation sites (tertiary alicyclic amines) is 1. The zero-order chi connectivity index (χ0) is 20.5. The summed E-state index contributed by atoms with van der Waals surface area (Å²) in [6.07, 6.45) is 0.0289. The fraction of sp³-hybridized carbons (Fsp3) is 0.381. The molecule has 1 unspecified atom stereocenters. The Morgan fingerprint density at radius 1 is 1.07 bits per heavy atom. The largest absolute Gasteiger partial charge is 0.497 e. The zero-order valence-corrected chi connectivity index (χ0v) is 16.3. The maximum absolute atomic E-state index is 12.8. The predicted octanol–water partition coefficient (Wildman–Crippen LogP) is 1.60. The highest BCUT2D eigenvalue weighted by Crippen LogP contribution is 2.29. The molecule has 29 heavy (non-hydrogen) atoms. The SMILES string of the molecule is COc1ccc(N2CC(C(=O)N3CC(Oc4cc(C)oc(=O)c4)C3)CC2=O)cc1. The van der Waals surface area contributed by atoms with Gasteiger partial charge in [-0.2, -0.15) is 0 Å². The first-order chi connectivity index (χ1) is 13.9. The van der Waals surface area contributed by atoms with Gasteiger partial charge in [-0.1, -0.05) is 0 Å². The minimum absolute atomic E-state index is 0.0435. The van der Waals surface area contributed by atoms with Gasteiger partial charge in [-0.25, -0.2) is 4.79 Å². The van der Waals surface area contributed by atoms with Gasteiger partial charge < -0.3 is 23.7 Å². The molecule has 0 saturated carbocycles. The third-order valence-corrected chi connectivity index (χ3v) is 5.19. The second-order valence-electron chi connectivity index (χ2n) is 7.31. The van der Waals surface area contributed by atoms with Crippen molar-refractivity contribution in [1.29, 1.82) is 0 Å². The maximum Gasteiger partial charge on any atom is 0.339 e. The monoisotopic (exact) mass is 398 g/mol. The quantitative estimate of drug-likeness (QED) is 0.760. The minimum Gasteiger partial charge on any atom is -0.497 e. The lowest BCUT2D eigenvalue weighted by Crippen LogP contribution is -2.57. The van der Waals surface area contributed by atoms with Crippen LogP contribution in [-0.4, -0.2) is 49.6 Å². The van der Waals surface area contributed by atoms with Crippen molar-refractivity contribution in [2.24, 2.45) is 5.92 Å². The van der Waals surface area contributed by atoms with Gasteiger partial charge in [0.2, 0.25) is 11.8 Å². The van der Waals surface area contributed by atoms with Crippen LogP contribution in [0.1, 0.15) is 12.2 Å². The molecule has 2 amide bonds. The molecule has 1 aromatic heterocycles. The van der Waals surface area contributed by atoms with E-state index in [4.69, 9.17) is 13.9 Å². The summed E-state index contributed by atoms with van der Waals surface area (Å²) in [6, 6.07) is 10.2. The van der Waals surface area contributed by atoms with E-state index in [9.17, 15) is 14.4 Å². The molecule has 2 aromatic rings. The summed E-state index contributed by atoms with van der Waals surface area (Å²) in [5, 5.41) is 0. The van der Waals surface area contributed by atoms with E-state index in [2.05, 4.69) is 0 Å². The number of ether oxygens (including phenoxy) is 2. The standard InChI is InChI=1S/C21H22N2O6/c1-13-7-17(9-20(25)28-13)29-18-11-22(12-18)21(26)14-8-19(24)23(10-14)15-3-5-16(27-2)6-4-15/h3-7,9,14,18H,8,10-12H2,1-2H3. The van der Waals surface area contributed by atoms with Crippen LogP contribution >= 0.6 is 0 Å². The van der Waals surface area contributed by atoms with Crippen LogP contribution in [-0.2, 0) is 9.59 Å². The molecule has 2 aliphatic rings. The van der Waals surface area contributed by atoms with E-state index < -0.39 is 5.63 Å².